The molecule has 0 fully saturated rings. The molecule has 1 atom stereocenters. The third kappa shape index (κ3) is 2.88. The van der Waals surface area contributed by atoms with Gasteiger partial charge >= 0.3 is 6.18 Å². The average Bonchev–Trinajstić information content (AvgIpc) is 2.45. The fourth-order valence-electron chi connectivity index (χ4n) is 1.68. The lowest BCUT2D eigenvalue weighted by atomic mass is 9.93. The van der Waals surface area contributed by atoms with Crippen LogP contribution in [0.25, 0.3) is 0 Å². The summed E-state index contributed by atoms with van der Waals surface area (Å²) in [6, 6.07) is 8.44. The molecule has 0 saturated carbocycles. The fraction of sp³-hybridized carbons (Fsp3) is 0.231. The summed E-state index contributed by atoms with van der Waals surface area (Å²) in [6.07, 6.45) is -2.04. The first kappa shape index (κ1) is 14.3. The number of nitrogens with one attached hydrogen (secondary N) is 1. The Kier molecular flexibility index (Phi) is 3.89. The van der Waals surface area contributed by atoms with E-state index < -0.39 is 18.3 Å². The minimum atomic E-state index is -4.82. The van der Waals surface area contributed by atoms with Crippen LogP contribution in [0.2, 0.25) is 0 Å². The molecule has 1 heterocycles. The van der Waals surface area contributed by atoms with Gasteiger partial charge in [0.2, 0.25) is 11.5 Å². The van der Waals surface area contributed by atoms with Gasteiger partial charge in [0.25, 0.3) is 0 Å². The van der Waals surface area contributed by atoms with Crippen LogP contribution in [0, 0.1) is 0 Å². The first-order valence-corrected chi connectivity index (χ1v) is 5.79. The summed E-state index contributed by atoms with van der Waals surface area (Å²) in [7, 11) is 0. The van der Waals surface area contributed by atoms with Crippen LogP contribution in [0.3, 0.4) is 0 Å². The Morgan fingerprint density at radius 3 is 2.15 bits per heavy atom. The number of halogens is 3. The van der Waals surface area contributed by atoms with E-state index in [1.165, 1.54) is 36.7 Å². The van der Waals surface area contributed by atoms with E-state index in [1.807, 2.05) is 0 Å². The van der Waals surface area contributed by atoms with Gasteiger partial charge in [0.05, 0.1) is 6.54 Å². The third-order valence-electron chi connectivity index (χ3n) is 2.79. The summed E-state index contributed by atoms with van der Waals surface area (Å²) >= 11 is 0. The number of benzene rings is 1. The number of hydrogen-bond acceptors (Lipinski definition) is 4. The maximum Gasteiger partial charge on any atom is 0.423 e. The van der Waals surface area contributed by atoms with Crippen molar-refractivity contribution < 1.29 is 18.3 Å². The highest BCUT2D eigenvalue weighted by Crippen LogP contribution is 2.38. The molecule has 0 aliphatic carbocycles. The van der Waals surface area contributed by atoms with Gasteiger partial charge in [0.1, 0.15) is 0 Å². The van der Waals surface area contributed by atoms with E-state index in [9.17, 15) is 18.3 Å². The van der Waals surface area contributed by atoms with Gasteiger partial charge in [-0.05, 0) is 11.6 Å². The van der Waals surface area contributed by atoms with E-state index in [4.69, 9.17) is 0 Å². The van der Waals surface area contributed by atoms with Crippen molar-refractivity contribution in [1.82, 2.24) is 9.97 Å². The van der Waals surface area contributed by atoms with Gasteiger partial charge in [-0.1, -0.05) is 30.3 Å². The van der Waals surface area contributed by atoms with Crippen molar-refractivity contribution in [2.75, 3.05) is 11.9 Å². The molecule has 0 spiro atoms. The number of rotatable bonds is 4. The van der Waals surface area contributed by atoms with E-state index in [-0.39, 0.29) is 11.5 Å². The van der Waals surface area contributed by atoms with E-state index in [0.717, 1.165) is 0 Å². The predicted octanol–water partition coefficient (Wildman–Crippen LogP) is 2.34. The molecular formula is C13H12F3N3O. The van der Waals surface area contributed by atoms with Gasteiger partial charge in [-0.2, -0.15) is 13.2 Å². The van der Waals surface area contributed by atoms with Gasteiger partial charge in [0, 0.05) is 12.4 Å². The van der Waals surface area contributed by atoms with Gasteiger partial charge in [-0.25, -0.2) is 9.97 Å². The van der Waals surface area contributed by atoms with Crippen LogP contribution in [0.4, 0.5) is 19.1 Å². The number of alkyl halides is 3. The lowest BCUT2D eigenvalue weighted by molar-refractivity contribution is -0.260. The van der Waals surface area contributed by atoms with Crippen LogP contribution in [0.5, 0.6) is 0 Å². The van der Waals surface area contributed by atoms with Gasteiger partial charge in [0.15, 0.2) is 0 Å². The predicted molar refractivity (Wildman–Crippen MR) is 66.9 cm³/mol. The van der Waals surface area contributed by atoms with Crippen molar-refractivity contribution in [1.29, 1.82) is 0 Å². The summed E-state index contributed by atoms with van der Waals surface area (Å²) in [5, 5.41) is 12.4. The number of nitrogens with zero attached hydrogens (tertiary/aromatic N) is 2. The summed E-state index contributed by atoms with van der Waals surface area (Å²) < 4.78 is 39.5. The second-order valence-electron chi connectivity index (χ2n) is 4.15. The highest BCUT2D eigenvalue weighted by Gasteiger charge is 2.54. The van der Waals surface area contributed by atoms with Crippen LogP contribution < -0.4 is 5.32 Å². The first-order valence-electron chi connectivity index (χ1n) is 5.79. The van der Waals surface area contributed by atoms with Crippen molar-refractivity contribution in [3.8, 4) is 0 Å². The summed E-state index contributed by atoms with van der Waals surface area (Å²) in [5.74, 6) is 0.0195. The van der Waals surface area contributed by atoms with E-state index in [0.29, 0.717) is 0 Å². The van der Waals surface area contributed by atoms with Crippen LogP contribution >= 0.6 is 0 Å². The molecular weight excluding hydrogens is 271 g/mol. The minimum Gasteiger partial charge on any atom is -0.375 e. The fourth-order valence-corrected chi connectivity index (χ4v) is 1.68. The van der Waals surface area contributed by atoms with Crippen molar-refractivity contribution in [3.63, 3.8) is 0 Å². The Bertz CT molecular complexity index is 548. The smallest absolute Gasteiger partial charge is 0.375 e. The maximum absolute atomic E-state index is 13.2. The zero-order chi connectivity index (χ0) is 14.6. The van der Waals surface area contributed by atoms with Gasteiger partial charge < -0.3 is 10.4 Å². The second kappa shape index (κ2) is 5.46. The molecule has 0 radical (unpaired) electrons. The molecule has 0 saturated heterocycles. The Morgan fingerprint density at radius 2 is 1.60 bits per heavy atom. The molecule has 2 aromatic rings. The molecule has 7 heteroatoms. The van der Waals surface area contributed by atoms with Gasteiger partial charge in [-0.3, -0.25) is 0 Å². The lowest BCUT2D eigenvalue weighted by Gasteiger charge is -2.31. The molecule has 1 aromatic carbocycles. The van der Waals surface area contributed by atoms with E-state index in [1.54, 1.807) is 12.1 Å². The Hall–Kier alpha value is -2.15. The SMILES string of the molecule is OC(CNc1ncccn1)(c1ccccc1)C(F)(F)F. The summed E-state index contributed by atoms with van der Waals surface area (Å²) in [5.41, 5.74) is -3.25. The molecule has 4 nitrogen and oxygen atoms in total. The molecule has 0 aliphatic rings. The number of anilines is 1. The number of hydrogen-bond donors (Lipinski definition) is 2. The lowest BCUT2D eigenvalue weighted by Crippen LogP contribution is -2.47. The largest absolute Gasteiger partial charge is 0.423 e. The van der Waals surface area contributed by atoms with Gasteiger partial charge in [-0.15, -0.1) is 0 Å². The van der Waals surface area contributed by atoms with Crippen molar-refractivity contribution in [2.45, 2.75) is 11.8 Å². The molecule has 106 valence electrons. The van der Waals surface area contributed by atoms with E-state index >= 15 is 0 Å². The zero-order valence-electron chi connectivity index (χ0n) is 10.3. The maximum atomic E-state index is 13.2. The molecule has 1 unspecified atom stereocenters. The van der Waals surface area contributed by atoms with Crippen LogP contribution in [-0.2, 0) is 5.60 Å². The van der Waals surface area contributed by atoms with Crippen LogP contribution in [0.15, 0.2) is 48.8 Å². The second-order valence-corrected chi connectivity index (χ2v) is 4.15. The third-order valence-corrected chi connectivity index (χ3v) is 2.79. The minimum absolute atomic E-state index is 0.0195. The molecule has 20 heavy (non-hydrogen) atoms. The summed E-state index contributed by atoms with van der Waals surface area (Å²) in [6.45, 7) is -0.773. The number of aromatic nitrogens is 2. The Morgan fingerprint density at radius 1 is 1.00 bits per heavy atom. The summed E-state index contributed by atoms with van der Waals surface area (Å²) in [4.78, 5) is 7.51. The topological polar surface area (TPSA) is 58.0 Å². The normalized spacial score (nSPS) is 14.6. The quantitative estimate of drug-likeness (QED) is 0.904. The first-order chi connectivity index (χ1) is 9.43. The molecule has 1 aromatic heterocycles. The van der Waals surface area contributed by atoms with Crippen LogP contribution in [-0.4, -0.2) is 27.8 Å². The average molecular weight is 283 g/mol. The highest BCUT2D eigenvalue weighted by atomic mass is 19.4. The number of aliphatic hydroxyl groups is 1. The standard InChI is InChI=1S/C13H12F3N3O/c14-13(15,16)12(20,10-5-2-1-3-6-10)9-19-11-17-7-4-8-18-11/h1-8,20H,9H2,(H,17,18,19). The van der Waals surface area contributed by atoms with Crippen molar-refractivity contribution >= 4 is 5.95 Å². The monoisotopic (exact) mass is 283 g/mol. The molecule has 0 bridgehead atoms. The van der Waals surface area contributed by atoms with E-state index in [2.05, 4.69) is 15.3 Å². The molecule has 2 rings (SSSR count). The van der Waals surface area contributed by atoms with Crippen molar-refractivity contribution in [2.24, 2.45) is 0 Å². The van der Waals surface area contributed by atoms with Crippen molar-refractivity contribution in [3.05, 3.63) is 54.4 Å². The Labute approximate surface area is 113 Å². The molecule has 0 amide bonds. The molecule has 0 aliphatic heterocycles. The van der Waals surface area contributed by atoms with Crippen LogP contribution in [0.1, 0.15) is 5.56 Å². The molecule has 2 N–H and O–H groups in total. The highest BCUT2D eigenvalue weighted by molar-refractivity contribution is 5.30. The Balaban J connectivity index is 2.25. The zero-order valence-corrected chi connectivity index (χ0v) is 10.3.